The molecule has 0 unspecified atom stereocenters. The number of phenols is 1. The number of hydrogen-bond acceptors (Lipinski definition) is 2. The van der Waals surface area contributed by atoms with Gasteiger partial charge in [0.05, 0.1) is 0 Å². The van der Waals surface area contributed by atoms with Gasteiger partial charge in [-0.2, -0.15) is 0 Å². The summed E-state index contributed by atoms with van der Waals surface area (Å²) in [4.78, 5) is 0. The predicted molar refractivity (Wildman–Crippen MR) is 61.9 cm³/mol. The highest BCUT2D eigenvalue weighted by molar-refractivity contribution is 5.44. The third-order valence-electron chi connectivity index (χ3n) is 3.58. The van der Waals surface area contributed by atoms with Crippen LogP contribution in [0.5, 0.6) is 5.75 Å². The minimum absolute atomic E-state index is 0.150. The summed E-state index contributed by atoms with van der Waals surface area (Å²) in [5.74, 6) is 0.373. The Bertz CT molecular complexity index is 378. The Labute approximate surface area is 91.1 Å². The molecule has 0 atom stereocenters. The standard InChI is InChI=1S/C13H19NO/c1-9-8-12(15)10(2)7-11(9)13(14)5-3-4-6-13/h7-8,15H,3-6,14H2,1-2H3. The smallest absolute Gasteiger partial charge is 0.118 e. The van der Waals surface area contributed by atoms with E-state index in [1.165, 1.54) is 18.4 Å². The van der Waals surface area contributed by atoms with E-state index in [1.807, 2.05) is 19.9 Å². The van der Waals surface area contributed by atoms with Gasteiger partial charge in [-0.15, -0.1) is 0 Å². The van der Waals surface area contributed by atoms with Crippen molar-refractivity contribution in [1.29, 1.82) is 0 Å². The second kappa shape index (κ2) is 3.53. The van der Waals surface area contributed by atoms with E-state index in [9.17, 15) is 5.11 Å². The maximum Gasteiger partial charge on any atom is 0.118 e. The molecule has 0 bridgehead atoms. The van der Waals surface area contributed by atoms with E-state index < -0.39 is 0 Å². The molecule has 1 aromatic rings. The molecule has 82 valence electrons. The Hall–Kier alpha value is -1.02. The predicted octanol–water partition coefficient (Wildman–Crippen LogP) is 2.74. The van der Waals surface area contributed by atoms with Gasteiger partial charge in [-0.1, -0.05) is 18.9 Å². The monoisotopic (exact) mass is 205 g/mol. The topological polar surface area (TPSA) is 46.2 Å². The summed E-state index contributed by atoms with van der Waals surface area (Å²) in [7, 11) is 0. The average molecular weight is 205 g/mol. The van der Waals surface area contributed by atoms with Crippen molar-refractivity contribution in [2.45, 2.75) is 45.1 Å². The van der Waals surface area contributed by atoms with Gasteiger partial charge in [-0.3, -0.25) is 0 Å². The first-order valence-corrected chi connectivity index (χ1v) is 5.62. The lowest BCUT2D eigenvalue weighted by molar-refractivity contribution is 0.450. The van der Waals surface area contributed by atoms with Crippen molar-refractivity contribution in [3.8, 4) is 5.75 Å². The Balaban J connectivity index is 2.48. The molecule has 3 N–H and O–H groups in total. The number of rotatable bonds is 1. The molecule has 0 spiro atoms. The molecule has 0 heterocycles. The first kappa shape index (κ1) is 10.5. The highest BCUT2D eigenvalue weighted by Crippen LogP contribution is 2.39. The Morgan fingerprint density at radius 3 is 2.33 bits per heavy atom. The van der Waals surface area contributed by atoms with E-state index in [1.54, 1.807) is 0 Å². The van der Waals surface area contributed by atoms with Crippen molar-refractivity contribution >= 4 is 0 Å². The highest BCUT2D eigenvalue weighted by atomic mass is 16.3. The quantitative estimate of drug-likeness (QED) is 0.740. The van der Waals surface area contributed by atoms with Crippen molar-refractivity contribution in [3.05, 3.63) is 28.8 Å². The number of aromatic hydroxyl groups is 1. The zero-order chi connectivity index (χ0) is 11.1. The van der Waals surface area contributed by atoms with Crippen molar-refractivity contribution in [2.75, 3.05) is 0 Å². The maximum absolute atomic E-state index is 9.61. The molecule has 1 aromatic carbocycles. The third kappa shape index (κ3) is 1.74. The van der Waals surface area contributed by atoms with E-state index >= 15 is 0 Å². The van der Waals surface area contributed by atoms with Gasteiger partial charge in [0.2, 0.25) is 0 Å². The molecule has 0 radical (unpaired) electrons. The molecule has 1 fully saturated rings. The van der Waals surface area contributed by atoms with Crippen LogP contribution in [0.25, 0.3) is 0 Å². The lowest BCUT2D eigenvalue weighted by Gasteiger charge is -2.26. The number of benzene rings is 1. The van der Waals surface area contributed by atoms with Crippen LogP contribution < -0.4 is 5.73 Å². The molecule has 1 saturated carbocycles. The third-order valence-corrected chi connectivity index (χ3v) is 3.58. The summed E-state index contributed by atoms with van der Waals surface area (Å²) in [6.45, 7) is 3.96. The molecule has 0 aliphatic heterocycles. The van der Waals surface area contributed by atoms with Gasteiger partial charge >= 0.3 is 0 Å². The zero-order valence-electron chi connectivity index (χ0n) is 9.51. The molecule has 1 aliphatic rings. The molecule has 0 amide bonds. The molecule has 0 aromatic heterocycles. The minimum atomic E-state index is -0.150. The number of phenolic OH excluding ortho intramolecular Hbond substituents is 1. The van der Waals surface area contributed by atoms with Gasteiger partial charge in [0.15, 0.2) is 0 Å². The van der Waals surface area contributed by atoms with Crippen molar-refractivity contribution < 1.29 is 5.11 Å². The molecule has 2 heteroatoms. The van der Waals surface area contributed by atoms with Gasteiger partial charge in [0, 0.05) is 5.54 Å². The van der Waals surface area contributed by atoms with Gasteiger partial charge in [0.25, 0.3) is 0 Å². The first-order chi connectivity index (χ1) is 7.03. The number of hydrogen-bond donors (Lipinski definition) is 2. The zero-order valence-corrected chi connectivity index (χ0v) is 9.51. The maximum atomic E-state index is 9.61. The van der Waals surface area contributed by atoms with Crippen LogP contribution in [0.15, 0.2) is 12.1 Å². The lowest BCUT2D eigenvalue weighted by Crippen LogP contribution is -2.33. The molecule has 2 rings (SSSR count). The molecule has 2 nitrogen and oxygen atoms in total. The SMILES string of the molecule is Cc1cc(C2(N)CCCC2)c(C)cc1O. The van der Waals surface area contributed by atoms with Crippen LogP contribution in [0.2, 0.25) is 0 Å². The van der Waals surface area contributed by atoms with Gasteiger partial charge in [0.1, 0.15) is 5.75 Å². The van der Waals surface area contributed by atoms with Gasteiger partial charge in [-0.05, 0) is 49.4 Å². The van der Waals surface area contributed by atoms with Gasteiger partial charge < -0.3 is 10.8 Å². The second-order valence-electron chi connectivity index (χ2n) is 4.82. The highest BCUT2D eigenvalue weighted by Gasteiger charge is 2.32. The van der Waals surface area contributed by atoms with Gasteiger partial charge in [-0.25, -0.2) is 0 Å². The van der Waals surface area contributed by atoms with E-state index in [0.29, 0.717) is 5.75 Å². The van der Waals surface area contributed by atoms with E-state index in [2.05, 4.69) is 6.07 Å². The van der Waals surface area contributed by atoms with Crippen molar-refractivity contribution in [3.63, 3.8) is 0 Å². The molecular weight excluding hydrogens is 186 g/mol. The molecule has 1 aliphatic carbocycles. The summed E-state index contributed by atoms with van der Waals surface area (Å²) in [5.41, 5.74) is 9.52. The minimum Gasteiger partial charge on any atom is -0.508 e. The van der Waals surface area contributed by atoms with E-state index in [4.69, 9.17) is 5.73 Å². The summed E-state index contributed by atoms with van der Waals surface area (Å²) >= 11 is 0. The Morgan fingerprint density at radius 2 is 1.73 bits per heavy atom. The Kier molecular flexibility index (Phi) is 2.47. The lowest BCUT2D eigenvalue weighted by atomic mass is 9.85. The van der Waals surface area contributed by atoms with Crippen LogP contribution >= 0.6 is 0 Å². The van der Waals surface area contributed by atoms with E-state index in [-0.39, 0.29) is 5.54 Å². The van der Waals surface area contributed by atoms with Crippen LogP contribution in [0.3, 0.4) is 0 Å². The fourth-order valence-electron chi connectivity index (χ4n) is 2.61. The molecular formula is C13H19NO. The summed E-state index contributed by atoms with van der Waals surface area (Å²) in [6, 6.07) is 3.88. The van der Waals surface area contributed by atoms with Crippen molar-refractivity contribution in [1.82, 2.24) is 0 Å². The van der Waals surface area contributed by atoms with Crippen LogP contribution in [-0.4, -0.2) is 5.11 Å². The van der Waals surface area contributed by atoms with Crippen LogP contribution in [0.1, 0.15) is 42.4 Å². The summed E-state index contributed by atoms with van der Waals surface area (Å²) < 4.78 is 0. The van der Waals surface area contributed by atoms with Crippen LogP contribution in [-0.2, 0) is 5.54 Å². The summed E-state index contributed by atoms with van der Waals surface area (Å²) in [6.07, 6.45) is 4.57. The molecule has 0 saturated heterocycles. The van der Waals surface area contributed by atoms with Crippen LogP contribution in [0.4, 0.5) is 0 Å². The average Bonchev–Trinajstić information content (AvgIpc) is 2.60. The first-order valence-electron chi connectivity index (χ1n) is 5.62. The number of aryl methyl sites for hydroxylation is 2. The van der Waals surface area contributed by atoms with Crippen molar-refractivity contribution in [2.24, 2.45) is 5.73 Å². The largest absolute Gasteiger partial charge is 0.508 e. The Morgan fingerprint density at radius 1 is 1.13 bits per heavy atom. The molecule has 15 heavy (non-hydrogen) atoms. The fraction of sp³-hybridized carbons (Fsp3) is 0.538. The van der Waals surface area contributed by atoms with Crippen LogP contribution in [0, 0.1) is 13.8 Å². The fourth-order valence-corrected chi connectivity index (χ4v) is 2.61. The summed E-state index contributed by atoms with van der Waals surface area (Å²) in [5, 5.41) is 9.61. The normalized spacial score (nSPS) is 19.4. The second-order valence-corrected chi connectivity index (χ2v) is 4.82. The number of nitrogens with two attached hydrogens (primary N) is 1. The van der Waals surface area contributed by atoms with E-state index in [0.717, 1.165) is 24.0 Å².